The Morgan fingerprint density at radius 2 is 1.87 bits per heavy atom. The molecule has 0 spiro atoms. The van der Waals surface area contributed by atoms with Crippen LogP contribution in [0.5, 0.6) is 0 Å². The van der Waals surface area contributed by atoms with Gasteiger partial charge < -0.3 is 10.6 Å². The molecule has 0 fully saturated rings. The molecule has 3 rings (SSSR count). The summed E-state index contributed by atoms with van der Waals surface area (Å²) in [6.07, 6.45) is 2.16. The number of benzene rings is 2. The number of nitrogens with zero attached hydrogens (tertiary/aromatic N) is 3. The fraction of sp³-hybridized carbons (Fsp3) is 0.292. The second-order valence-corrected chi connectivity index (χ2v) is 7.94. The van der Waals surface area contributed by atoms with Crippen LogP contribution in [-0.2, 0) is 0 Å². The lowest BCUT2D eigenvalue weighted by molar-refractivity contribution is 0.466. The van der Waals surface area contributed by atoms with E-state index in [0.717, 1.165) is 33.8 Å². The van der Waals surface area contributed by atoms with Crippen molar-refractivity contribution in [2.75, 3.05) is 24.2 Å². The van der Waals surface area contributed by atoms with Gasteiger partial charge in [-0.1, -0.05) is 18.2 Å². The molecule has 5 nitrogen and oxygen atoms in total. The maximum atomic E-state index is 14.5. The third-order valence-electron chi connectivity index (χ3n) is 5.07. The van der Waals surface area contributed by atoms with Crippen molar-refractivity contribution in [1.82, 2.24) is 9.97 Å². The highest BCUT2D eigenvalue weighted by molar-refractivity contribution is 5.76. The van der Waals surface area contributed by atoms with E-state index >= 15 is 0 Å². The van der Waals surface area contributed by atoms with Gasteiger partial charge in [-0.15, -0.1) is 0 Å². The minimum absolute atomic E-state index is 0.295. The first-order chi connectivity index (χ1) is 14.3. The number of anilines is 2. The molecule has 2 aromatic carbocycles. The van der Waals surface area contributed by atoms with Gasteiger partial charge in [0.15, 0.2) is 0 Å². The lowest BCUT2D eigenvalue weighted by Crippen LogP contribution is -2.15. The van der Waals surface area contributed by atoms with Gasteiger partial charge in [0.1, 0.15) is 18.0 Å². The summed E-state index contributed by atoms with van der Waals surface area (Å²) in [5.74, 6) is 0.451. The van der Waals surface area contributed by atoms with Crippen LogP contribution < -0.4 is 10.6 Å². The summed E-state index contributed by atoms with van der Waals surface area (Å²) >= 11 is 0. The highest BCUT2D eigenvalue weighted by Crippen LogP contribution is 2.32. The topological polar surface area (TPSA) is 73.6 Å². The van der Waals surface area contributed by atoms with Crippen LogP contribution in [0.3, 0.4) is 0 Å². The van der Waals surface area contributed by atoms with Crippen LogP contribution in [0.1, 0.15) is 25.8 Å². The lowest BCUT2D eigenvalue weighted by Gasteiger charge is -2.17. The maximum Gasteiger partial charge on any atom is 0.146 e. The second-order valence-electron chi connectivity index (χ2n) is 7.94. The van der Waals surface area contributed by atoms with Crippen molar-refractivity contribution in [2.45, 2.75) is 27.2 Å². The molecule has 3 aromatic rings. The van der Waals surface area contributed by atoms with Gasteiger partial charge in [0.25, 0.3) is 0 Å². The van der Waals surface area contributed by atoms with Gasteiger partial charge in [-0.05, 0) is 62.1 Å². The lowest BCUT2D eigenvalue weighted by atomic mass is 9.91. The minimum atomic E-state index is -0.449. The highest BCUT2D eigenvalue weighted by atomic mass is 19.1. The molecule has 0 amide bonds. The van der Waals surface area contributed by atoms with Crippen LogP contribution in [0.4, 0.5) is 15.9 Å². The van der Waals surface area contributed by atoms with E-state index in [1.807, 2.05) is 64.2 Å². The molecule has 0 radical (unpaired) electrons. The fourth-order valence-corrected chi connectivity index (χ4v) is 3.18. The van der Waals surface area contributed by atoms with Crippen molar-refractivity contribution in [1.29, 1.82) is 5.26 Å². The van der Waals surface area contributed by atoms with Crippen LogP contribution in [0, 0.1) is 29.5 Å². The van der Waals surface area contributed by atoms with Crippen molar-refractivity contribution < 1.29 is 4.39 Å². The molecule has 0 bridgehead atoms. The van der Waals surface area contributed by atoms with Crippen molar-refractivity contribution in [3.8, 4) is 28.5 Å². The third kappa shape index (κ3) is 4.93. The van der Waals surface area contributed by atoms with Crippen LogP contribution in [-0.4, -0.2) is 23.6 Å². The Bertz CT molecular complexity index is 1090. The fourth-order valence-electron chi connectivity index (χ4n) is 3.18. The molecule has 0 atom stereocenters. The van der Waals surface area contributed by atoms with E-state index in [9.17, 15) is 4.39 Å². The summed E-state index contributed by atoms with van der Waals surface area (Å²) in [6, 6.07) is 15.6. The zero-order valence-electron chi connectivity index (χ0n) is 17.8. The summed E-state index contributed by atoms with van der Waals surface area (Å²) in [7, 11) is 1.82. The standard InChI is InChI=1S/C24H26FN5/c1-16-10-20(25)22(28-9-8-24(2,3)14-26)12-19(16)17-6-5-7-18(11-17)21-13-23(27-4)30-15-29-21/h5-7,10-13,15,28H,8-9H2,1-4H3,(H,27,29,30). The number of halogens is 1. The Labute approximate surface area is 177 Å². The Morgan fingerprint density at radius 1 is 1.10 bits per heavy atom. The van der Waals surface area contributed by atoms with Gasteiger partial charge in [-0.3, -0.25) is 0 Å². The van der Waals surface area contributed by atoms with Crippen LogP contribution in [0.15, 0.2) is 48.8 Å². The van der Waals surface area contributed by atoms with Gasteiger partial charge in [0.05, 0.1) is 22.9 Å². The number of hydrogen-bond acceptors (Lipinski definition) is 5. The Morgan fingerprint density at radius 3 is 2.60 bits per heavy atom. The number of rotatable bonds is 7. The van der Waals surface area contributed by atoms with Crippen molar-refractivity contribution in [3.05, 3.63) is 60.2 Å². The molecule has 0 saturated carbocycles. The second kappa shape index (κ2) is 8.91. The van der Waals surface area contributed by atoms with E-state index in [-0.39, 0.29) is 5.82 Å². The molecule has 0 aliphatic rings. The molecule has 154 valence electrons. The van der Waals surface area contributed by atoms with E-state index in [1.165, 1.54) is 6.33 Å². The molecular formula is C24H26FN5. The van der Waals surface area contributed by atoms with Crippen LogP contribution in [0.25, 0.3) is 22.4 Å². The molecule has 1 aromatic heterocycles. The number of hydrogen-bond donors (Lipinski definition) is 2. The molecule has 0 aliphatic heterocycles. The number of aromatic nitrogens is 2. The smallest absolute Gasteiger partial charge is 0.146 e. The minimum Gasteiger partial charge on any atom is -0.383 e. The normalized spacial score (nSPS) is 11.1. The van der Waals surface area contributed by atoms with Crippen molar-refractivity contribution in [2.24, 2.45) is 5.41 Å². The largest absolute Gasteiger partial charge is 0.383 e. The summed E-state index contributed by atoms with van der Waals surface area (Å²) < 4.78 is 14.5. The summed E-state index contributed by atoms with van der Waals surface area (Å²) in [6.45, 7) is 6.18. The maximum absolute atomic E-state index is 14.5. The first-order valence-electron chi connectivity index (χ1n) is 9.89. The summed E-state index contributed by atoms with van der Waals surface area (Å²) in [5.41, 5.74) is 4.54. The zero-order chi connectivity index (χ0) is 21.7. The van der Waals surface area contributed by atoms with E-state index in [2.05, 4.69) is 26.7 Å². The Kier molecular flexibility index (Phi) is 6.31. The van der Waals surface area contributed by atoms with E-state index in [0.29, 0.717) is 18.7 Å². The van der Waals surface area contributed by atoms with Crippen molar-refractivity contribution >= 4 is 11.5 Å². The van der Waals surface area contributed by atoms with Gasteiger partial charge in [0, 0.05) is 25.2 Å². The van der Waals surface area contributed by atoms with E-state index in [4.69, 9.17) is 5.26 Å². The molecule has 2 N–H and O–H groups in total. The molecule has 0 aliphatic carbocycles. The SMILES string of the molecule is CNc1cc(-c2cccc(-c3cc(NCCC(C)(C)C#N)c(F)cc3C)c2)ncn1. The molecule has 30 heavy (non-hydrogen) atoms. The molecular weight excluding hydrogens is 377 g/mol. The van der Waals surface area contributed by atoms with Crippen molar-refractivity contribution in [3.63, 3.8) is 0 Å². The van der Waals surface area contributed by atoms with Crippen LogP contribution >= 0.6 is 0 Å². The quantitative estimate of drug-likeness (QED) is 0.533. The van der Waals surface area contributed by atoms with E-state index in [1.54, 1.807) is 6.07 Å². The molecule has 0 unspecified atom stereocenters. The zero-order valence-corrected chi connectivity index (χ0v) is 17.8. The molecule has 6 heteroatoms. The summed E-state index contributed by atoms with van der Waals surface area (Å²) in [5, 5.41) is 15.3. The third-order valence-corrected chi connectivity index (χ3v) is 5.07. The summed E-state index contributed by atoms with van der Waals surface area (Å²) in [4.78, 5) is 8.53. The number of nitrogens with one attached hydrogen (secondary N) is 2. The van der Waals surface area contributed by atoms with Gasteiger partial charge in [-0.2, -0.15) is 5.26 Å². The van der Waals surface area contributed by atoms with Gasteiger partial charge in [0.2, 0.25) is 0 Å². The first kappa shape index (κ1) is 21.3. The molecule has 1 heterocycles. The predicted molar refractivity (Wildman–Crippen MR) is 120 cm³/mol. The highest BCUT2D eigenvalue weighted by Gasteiger charge is 2.17. The Balaban J connectivity index is 1.91. The average molecular weight is 404 g/mol. The number of nitriles is 1. The van der Waals surface area contributed by atoms with Gasteiger partial charge in [-0.25, -0.2) is 14.4 Å². The first-order valence-corrected chi connectivity index (χ1v) is 9.89. The van der Waals surface area contributed by atoms with E-state index < -0.39 is 5.41 Å². The van der Waals surface area contributed by atoms with Crippen LogP contribution in [0.2, 0.25) is 0 Å². The Hall–Kier alpha value is -3.46. The number of aryl methyl sites for hydroxylation is 1. The average Bonchev–Trinajstić information content (AvgIpc) is 2.75. The monoisotopic (exact) mass is 403 g/mol. The van der Waals surface area contributed by atoms with Gasteiger partial charge >= 0.3 is 0 Å². The molecule has 0 saturated heterocycles. The predicted octanol–water partition coefficient (Wildman–Crippen LogP) is 5.65.